The van der Waals surface area contributed by atoms with Gasteiger partial charge in [-0.15, -0.1) is 11.3 Å². The summed E-state index contributed by atoms with van der Waals surface area (Å²) < 4.78 is 0. The first-order valence-corrected chi connectivity index (χ1v) is 8.25. The molecule has 106 valence electrons. The number of benzene rings is 1. The topological polar surface area (TPSA) is 32.3 Å². The minimum Gasteiger partial charge on any atom is -0.508 e. The van der Waals surface area contributed by atoms with Gasteiger partial charge in [0.05, 0.1) is 0 Å². The van der Waals surface area contributed by atoms with E-state index in [0.717, 1.165) is 12.5 Å². The van der Waals surface area contributed by atoms with Gasteiger partial charge in [0.15, 0.2) is 0 Å². The van der Waals surface area contributed by atoms with Gasteiger partial charge in [0.1, 0.15) is 5.75 Å². The van der Waals surface area contributed by atoms with E-state index in [1.165, 1.54) is 36.1 Å². The van der Waals surface area contributed by atoms with Gasteiger partial charge < -0.3 is 10.4 Å². The van der Waals surface area contributed by atoms with Crippen molar-refractivity contribution in [1.82, 2.24) is 5.32 Å². The lowest BCUT2D eigenvalue weighted by Crippen LogP contribution is -2.26. The van der Waals surface area contributed by atoms with Crippen molar-refractivity contribution in [2.24, 2.45) is 5.92 Å². The first kappa shape index (κ1) is 13.7. The average Bonchev–Trinajstić information content (AvgIpc) is 3.14. The molecule has 0 radical (unpaired) electrons. The lowest BCUT2D eigenvalue weighted by molar-refractivity contribution is 0.371. The highest BCUT2D eigenvalue weighted by Crippen LogP contribution is 2.37. The summed E-state index contributed by atoms with van der Waals surface area (Å²) in [7, 11) is 0. The van der Waals surface area contributed by atoms with Crippen LogP contribution in [0.25, 0.3) is 0 Å². The fourth-order valence-electron chi connectivity index (χ4n) is 3.10. The third-order valence-corrected chi connectivity index (χ3v) is 5.14. The number of hydrogen-bond acceptors (Lipinski definition) is 3. The molecule has 1 heterocycles. The molecule has 1 aliphatic rings. The third-order valence-electron chi connectivity index (χ3n) is 4.18. The second-order valence-corrected chi connectivity index (χ2v) is 6.56. The second-order valence-electron chi connectivity index (χ2n) is 5.58. The largest absolute Gasteiger partial charge is 0.508 e. The SMILES string of the molecule is Oc1ccc(CNC(c2cccs2)C2CCCC2)cc1. The van der Waals surface area contributed by atoms with Crippen molar-refractivity contribution in [3.63, 3.8) is 0 Å². The number of thiophene rings is 1. The molecule has 20 heavy (non-hydrogen) atoms. The third kappa shape index (κ3) is 3.22. The minimum atomic E-state index is 0.333. The maximum absolute atomic E-state index is 9.34. The molecule has 3 rings (SSSR count). The molecule has 2 N–H and O–H groups in total. The van der Waals surface area contributed by atoms with Crippen LogP contribution in [-0.4, -0.2) is 5.11 Å². The van der Waals surface area contributed by atoms with Crippen molar-refractivity contribution in [3.8, 4) is 5.75 Å². The van der Waals surface area contributed by atoms with Crippen molar-refractivity contribution in [2.75, 3.05) is 0 Å². The fourth-order valence-corrected chi connectivity index (χ4v) is 3.99. The fraction of sp³-hybridized carbons (Fsp3) is 0.412. The van der Waals surface area contributed by atoms with Crippen LogP contribution in [0, 0.1) is 5.92 Å². The van der Waals surface area contributed by atoms with E-state index in [9.17, 15) is 5.11 Å². The lowest BCUT2D eigenvalue weighted by Gasteiger charge is -2.24. The van der Waals surface area contributed by atoms with Crippen LogP contribution in [0.15, 0.2) is 41.8 Å². The van der Waals surface area contributed by atoms with Crippen LogP contribution in [0.5, 0.6) is 5.75 Å². The molecule has 1 saturated carbocycles. The van der Waals surface area contributed by atoms with Crippen molar-refractivity contribution in [1.29, 1.82) is 0 Å². The predicted octanol–water partition coefficient (Wildman–Crippen LogP) is 4.47. The molecule has 1 unspecified atom stereocenters. The molecular formula is C17H21NOS. The molecule has 1 aliphatic carbocycles. The Balaban J connectivity index is 1.68. The highest BCUT2D eigenvalue weighted by Gasteiger charge is 2.26. The molecule has 0 spiro atoms. The number of hydrogen-bond donors (Lipinski definition) is 2. The van der Waals surface area contributed by atoms with E-state index in [4.69, 9.17) is 0 Å². The van der Waals surface area contributed by atoms with E-state index in [1.807, 2.05) is 23.5 Å². The van der Waals surface area contributed by atoms with Gasteiger partial charge >= 0.3 is 0 Å². The number of nitrogens with one attached hydrogen (secondary N) is 1. The Hall–Kier alpha value is -1.32. The van der Waals surface area contributed by atoms with Crippen LogP contribution in [-0.2, 0) is 6.54 Å². The van der Waals surface area contributed by atoms with Gasteiger partial charge in [0.25, 0.3) is 0 Å². The summed E-state index contributed by atoms with van der Waals surface area (Å²) in [6.45, 7) is 0.860. The molecule has 0 aliphatic heterocycles. The summed E-state index contributed by atoms with van der Waals surface area (Å²) in [5, 5.41) is 15.2. The van der Waals surface area contributed by atoms with Crippen molar-refractivity contribution in [2.45, 2.75) is 38.3 Å². The quantitative estimate of drug-likeness (QED) is 0.850. The molecule has 2 aromatic rings. The van der Waals surface area contributed by atoms with E-state index in [0.29, 0.717) is 11.8 Å². The summed E-state index contributed by atoms with van der Waals surface area (Å²) in [6, 6.07) is 12.4. The number of phenols is 1. The maximum Gasteiger partial charge on any atom is 0.115 e. The number of phenolic OH excluding ortho intramolecular Hbond substituents is 1. The van der Waals surface area contributed by atoms with Crippen molar-refractivity contribution in [3.05, 3.63) is 52.2 Å². The zero-order chi connectivity index (χ0) is 13.8. The smallest absolute Gasteiger partial charge is 0.115 e. The van der Waals surface area contributed by atoms with E-state index < -0.39 is 0 Å². The molecular weight excluding hydrogens is 266 g/mol. The van der Waals surface area contributed by atoms with Crippen LogP contribution in [0.3, 0.4) is 0 Å². The first-order valence-electron chi connectivity index (χ1n) is 7.37. The Morgan fingerprint density at radius 2 is 1.90 bits per heavy atom. The lowest BCUT2D eigenvalue weighted by atomic mass is 9.96. The second kappa shape index (κ2) is 6.42. The zero-order valence-corrected chi connectivity index (χ0v) is 12.4. The molecule has 1 fully saturated rings. The normalized spacial score (nSPS) is 17.4. The van der Waals surface area contributed by atoms with Gasteiger partial charge in [-0.1, -0.05) is 31.0 Å². The summed E-state index contributed by atoms with van der Waals surface area (Å²) >= 11 is 1.85. The summed E-state index contributed by atoms with van der Waals surface area (Å²) in [5.41, 5.74) is 1.22. The Morgan fingerprint density at radius 1 is 1.15 bits per heavy atom. The van der Waals surface area contributed by atoms with E-state index >= 15 is 0 Å². The Morgan fingerprint density at radius 3 is 2.55 bits per heavy atom. The van der Waals surface area contributed by atoms with Gasteiger partial charge in [-0.05, 0) is 47.9 Å². The molecule has 3 heteroatoms. The first-order chi connectivity index (χ1) is 9.83. The standard InChI is InChI=1S/C17H21NOS/c19-15-9-7-13(8-10-15)12-18-17(14-4-1-2-5-14)16-6-3-11-20-16/h3,6-11,14,17-19H,1-2,4-5,12H2. The van der Waals surface area contributed by atoms with Crippen molar-refractivity contribution >= 4 is 11.3 Å². The summed E-state index contributed by atoms with van der Waals surface area (Å²) in [4.78, 5) is 1.45. The Bertz CT molecular complexity index is 514. The zero-order valence-electron chi connectivity index (χ0n) is 11.6. The highest BCUT2D eigenvalue weighted by molar-refractivity contribution is 7.10. The Labute approximate surface area is 124 Å². The van der Waals surface area contributed by atoms with Crippen LogP contribution < -0.4 is 5.32 Å². The molecule has 0 bridgehead atoms. The van der Waals surface area contributed by atoms with Crippen LogP contribution >= 0.6 is 11.3 Å². The molecule has 2 nitrogen and oxygen atoms in total. The number of rotatable bonds is 5. The summed E-state index contributed by atoms with van der Waals surface area (Å²) in [6.07, 6.45) is 5.41. The average molecular weight is 287 g/mol. The summed E-state index contributed by atoms with van der Waals surface area (Å²) in [5.74, 6) is 1.10. The molecule has 0 amide bonds. The molecule has 1 atom stereocenters. The highest BCUT2D eigenvalue weighted by atomic mass is 32.1. The monoisotopic (exact) mass is 287 g/mol. The minimum absolute atomic E-state index is 0.333. The van der Waals surface area contributed by atoms with Gasteiger partial charge in [0.2, 0.25) is 0 Å². The van der Waals surface area contributed by atoms with Gasteiger partial charge in [-0.2, -0.15) is 0 Å². The van der Waals surface area contributed by atoms with E-state index in [2.05, 4.69) is 22.8 Å². The number of aromatic hydroxyl groups is 1. The van der Waals surface area contributed by atoms with Gasteiger partial charge in [-0.3, -0.25) is 0 Å². The molecule has 0 saturated heterocycles. The van der Waals surface area contributed by atoms with Crippen LogP contribution in [0.4, 0.5) is 0 Å². The maximum atomic E-state index is 9.34. The van der Waals surface area contributed by atoms with Crippen LogP contribution in [0.1, 0.15) is 42.2 Å². The van der Waals surface area contributed by atoms with Gasteiger partial charge in [0, 0.05) is 17.5 Å². The molecule has 1 aromatic carbocycles. The molecule has 1 aromatic heterocycles. The van der Waals surface area contributed by atoms with Gasteiger partial charge in [-0.25, -0.2) is 0 Å². The van der Waals surface area contributed by atoms with E-state index in [-0.39, 0.29) is 0 Å². The van der Waals surface area contributed by atoms with Crippen LogP contribution in [0.2, 0.25) is 0 Å². The van der Waals surface area contributed by atoms with Crippen molar-refractivity contribution < 1.29 is 5.11 Å². The Kier molecular flexibility index (Phi) is 4.38. The van der Waals surface area contributed by atoms with E-state index in [1.54, 1.807) is 12.1 Å². The predicted molar refractivity (Wildman–Crippen MR) is 84.0 cm³/mol.